The van der Waals surface area contributed by atoms with Crippen LogP contribution >= 0.6 is 12.4 Å². The number of ether oxygens (including phenoxy) is 1. The van der Waals surface area contributed by atoms with Crippen LogP contribution in [0.1, 0.15) is 45.7 Å². The Bertz CT molecular complexity index is 309. The summed E-state index contributed by atoms with van der Waals surface area (Å²) in [4.78, 5) is 0. The first-order valence-corrected chi connectivity index (χ1v) is 6.01. The molecule has 0 aliphatic heterocycles. The van der Waals surface area contributed by atoms with E-state index in [4.69, 9.17) is 10.5 Å². The van der Waals surface area contributed by atoms with Crippen LogP contribution in [0.5, 0.6) is 5.75 Å². The average Bonchev–Trinajstić information content (AvgIpc) is 2.16. The van der Waals surface area contributed by atoms with Gasteiger partial charge in [-0.15, -0.1) is 12.4 Å². The van der Waals surface area contributed by atoms with Gasteiger partial charge in [0.05, 0.1) is 6.10 Å². The van der Waals surface area contributed by atoms with Crippen LogP contribution in [0, 0.1) is 5.92 Å². The van der Waals surface area contributed by atoms with E-state index in [9.17, 15) is 0 Å². The van der Waals surface area contributed by atoms with E-state index in [0.29, 0.717) is 5.92 Å². The fourth-order valence-electron chi connectivity index (χ4n) is 1.71. The van der Waals surface area contributed by atoms with E-state index in [1.807, 2.05) is 26.0 Å². The molecule has 0 bridgehead atoms. The maximum absolute atomic E-state index is 6.11. The molecule has 0 aliphatic carbocycles. The summed E-state index contributed by atoms with van der Waals surface area (Å²) in [6.07, 6.45) is 1.24. The number of hydrogen-bond donors (Lipinski definition) is 1. The SMILES string of the molecule is CC(C)C[C@@H](N)c1ccc(OC(C)C)cc1.Cl. The van der Waals surface area contributed by atoms with E-state index >= 15 is 0 Å². The number of hydrogen-bond acceptors (Lipinski definition) is 2. The highest BCUT2D eigenvalue weighted by Gasteiger charge is 2.08. The van der Waals surface area contributed by atoms with Crippen LogP contribution in [0.3, 0.4) is 0 Å². The van der Waals surface area contributed by atoms with Crippen molar-refractivity contribution in [1.82, 2.24) is 0 Å². The smallest absolute Gasteiger partial charge is 0.119 e. The van der Waals surface area contributed by atoms with Gasteiger partial charge >= 0.3 is 0 Å². The molecule has 1 aromatic rings. The van der Waals surface area contributed by atoms with Crippen molar-refractivity contribution in [2.24, 2.45) is 11.7 Å². The van der Waals surface area contributed by atoms with Gasteiger partial charge in [0, 0.05) is 6.04 Å². The third kappa shape index (κ3) is 5.94. The lowest BCUT2D eigenvalue weighted by Gasteiger charge is -2.15. The van der Waals surface area contributed by atoms with Crippen molar-refractivity contribution in [2.75, 3.05) is 0 Å². The molecule has 0 saturated heterocycles. The summed E-state index contributed by atoms with van der Waals surface area (Å²) in [6.45, 7) is 8.43. The van der Waals surface area contributed by atoms with E-state index < -0.39 is 0 Å². The van der Waals surface area contributed by atoms with Gasteiger partial charge in [-0.3, -0.25) is 0 Å². The van der Waals surface area contributed by atoms with E-state index in [-0.39, 0.29) is 24.6 Å². The lowest BCUT2D eigenvalue weighted by Crippen LogP contribution is -2.13. The Balaban J connectivity index is 0.00000256. The average molecular weight is 258 g/mol. The molecule has 0 aliphatic rings. The van der Waals surface area contributed by atoms with Crippen LogP contribution in [-0.4, -0.2) is 6.10 Å². The number of rotatable bonds is 5. The lowest BCUT2D eigenvalue weighted by molar-refractivity contribution is 0.242. The largest absolute Gasteiger partial charge is 0.491 e. The van der Waals surface area contributed by atoms with Gasteiger partial charge in [-0.05, 0) is 43.9 Å². The molecule has 2 N–H and O–H groups in total. The molecule has 0 heterocycles. The topological polar surface area (TPSA) is 35.2 Å². The van der Waals surface area contributed by atoms with Crippen LogP contribution < -0.4 is 10.5 Å². The maximum Gasteiger partial charge on any atom is 0.119 e. The van der Waals surface area contributed by atoms with E-state index in [2.05, 4.69) is 26.0 Å². The molecule has 0 aromatic heterocycles. The Morgan fingerprint density at radius 2 is 1.59 bits per heavy atom. The maximum atomic E-state index is 6.11. The monoisotopic (exact) mass is 257 g/mol. The summed E-state index contributed by atoms with van der Waals surface area (Å²) >= 11 is 0. The van der Waals surface area contributed by atoms with E-state index in [1.165, 1.54) is 5.56 Å². The first kappa shape index (κ1) is 16.3. The Hall–Kier alpha value is -0.730. The van der Waals surface area contributed by atoms with Crippen molar-refractivity contribution < 1.29 is 4.74 Å². The van der Waals surface area contributed by atoms with Gasteiger partial charge in [0.1, 0.15) is 5.75 Å². The third-order valence-electron chi connectivity index (χ3n) is 2.41. The van der Waals surface area contributed by atoms with Gasteiger partial charge < -0.3 is 10.5 Å². The molecule has 0 fully saturated rings. The van der Waals surface area contributed by atoms with Crippen LogP contribution in [0.2, 0.25) is 0 Å². The molecule has 0 radical (unpaired) electrons. The highest BCUT2D eigenvalue weighted by Crippen LogP contribution is 2.21. The Kier molecular flexibility index (Phi) is 7.24. The quantitative estimate of drug-likeness (QED) is 0.867. The molecular formula is C14H24ClNO. The van der Waals surface area contributed by atoms with E-state index in [1.54, 1.807) is 0 Å². The molecule has 0 amide bonds. The van der Waals surface area contributed by atoms with Gasteiger partial charge in [0.15, 0.2) is 0 Å². The van der Waals surface area contributed by atoms with Crippen molar-refractivity contribution in [2.45, 2.75) is 46.3 Å². The second kappa shape index (κ2) is 7.57. The Labute approximate surface area is 111 Å². The zero-order valence-corrected chi connectivity index (χ0v) is 12.0. The minimum atomic E-state index is 0. The summed E-state index contributed by atoms with van der Waals surface area (Å²) in [5, 5.41) is 0. The molecule has 3 heteroatoms. The highest BCUT2D eigenvalue weighted by atomic mass is 35.5. The molecule has 1 atom stereocenters. The molecule has 0 spiro atoms. The van der Waals surface area contributed by atoms with Gasteiger partial charge in [0.25, 0.3) is 0 Å². The fourth-order valence-corrected chi connectivity index (χ4v) is 1.71. The van der Waals surface area contributed by atoms with Crippen molar-refractivity contribution >= 4 is 12.4 Å². The molecule has 2 nitrogen and oxygen atoms in total. The van der Waals surface area contributed by atoms with Crippen LogP contribution in [0.25, 0.3) is 0 Å². The van der Waals surface area contributed by atoms with Crippen LogP contribution in [-0.2, 0) is 0 Å². The van der Waals surface area contributed by atoms with Crippen molar-refractivity contribution in [3.63, 3.8) is 0 Å². The van der Waals surface area contributed by atoms with Gasteiger partial charge in [0.2, 0.25) is 0 Å². The first-order valence-electron chi connectivity index (χ1n) is 6.01. The zero-order valence-electron chi connectivity index (χ0n) is 11.1. The Morgan fingerprint density at radius 3 is 2.00 bits per heavy atom. The molecule has 98 valence electrons. The molecule has 0 saturated carbocycles. The number of halogens is 1. The Morgan fingerprint density at radius 1 is 1.06 bits per heavy atom. The van der Waals surface area contributed by atoms with Crippen LogP contribution in [0.4, 0.5) is 0 Å². The number of benzene rings is 1. The summed E-state index contributed by atoms with van der Waals surface area (Å²) in [5.74, 6) is 1.54. The third-order valence-corrected chi connectivity index (χ3v) is 2.41. The molecule has 1 aromatic carbocycles. The van der Waals surface area contributed by atoms with Crippen LogP contribution in [0.15, 0.2) is 24.3 Å². The molecule has 17 heavy (non-hydrogen) atoms. The summed E-state index contributed by atoms with van der Waals surface area (Å²) < 4.78 is 5.59. The first-order chi connectivity index (χ1) is 7.49. The molecule has 0 unspecified atom stereocenters. The normalized spacial score (nSPS) is 12.4. The van der Waals surface area contributed by atoms with Gasteiger partial charge in [-0.25, -0.2) is 0 Å². The number of nitrogens with two attached hydrogens (primary N) is 1. The minimum Gasteiger partial charge on any atom is -0.491 e. The fraction of sp³-hybridized carbons (Fsp3) is 0.571. The molecular weight excluding hydrogens is 234 g/mol. The zero-order chi connectivity index (χ0) is 12.1. The summed E-state index contributed by atoms with van der Waals surface area (Å²) in [6, 6.07) is 8.24. The predicted octanol–water partition coefficient (Wildman–Crippen LogP) is 3.94. The highest BCUT2D eigenvalue weighted by molar-refractivity contribution is 5.85. The second-order valence-corrected chi connectivity index (χ2v) is 4.97. The predicted molar refractivity (Wildman–Crippen MR) is 75.8 cm³/mol. The summed E-state index contributed by atoms with van der Waals surface area (Å²) in [7, 11) is 0. The summed E-state index contributed by atoms with van der Waals surface area (Å²) in [5.41, 5.74) is 7.29. The van der Waals surface area contributed by atoms with E-state index in [0.717, 1.165) is 12.2 Å². The lowest BCUT2D eigenvalue weighted by atomic mass is 9.98. The minimum absolute atomic E-state index is 0. The van der Waals surface area contributed by atoms with Crippen molar-refractivity contribution in [3.05, 3.63) is 29.8 Å². The van der Waals surface area contributed by atoms with Gasteiger partial charge in [-0.1, -0.05) is 26.0 Å². The van der Waals surface area contributed by atoms with Crippen molar-refractivity contribution in [3.8, 4) is 5.75 Å². The molecule has 1 rings (SSSR count). The second-order valence-electron chi connectivity index (χ2n) is 4.97. The van der Waals surface area contributed by atoms with Gasteiger partial charge in [-0.2, -0.15) is 0 Å². The standard InChI is InChI=1S/C14H23NO.ClH/c1-10(2)9-14(15)12-5-7-13(8-6-12)16-11(3)4;/h5-8,10-11,14H,9,15H2,1-4H3;1H/t14-;/m1./s1. The van der Waals surface area contributed by atoms with Crippen molar-refractivity contribution in [1.29, 1.82) is 0 Å².